The van der Waals surface area contributed by atoms with Crippen LogP contribution in [0.5, 0.6) is 0 Å². The van der Waals surface area contributed by atoms with E-state index in [1.54, 1.807) is 0 Å². The molecule has 3 nitrogen and oxygen atoms in total. The molecular weight excluding hydrogens is 341 g/mol. The van der Waals surface area contributed by atoms with Crippen LogP contribution in [0.1, 0.15) is 22.7 Å². The first kappa shape index (κ1) is 18.5. The molecule has 26 heavy (non-hydrogen) atoms. The monoisotopic (exact) mass is 363 g/mol. The van der Waals surface area contributed by atoms with E-state index in [1.807, 2.05) is 103 Å². The van der Waals surface area contributed by atoms with Crippen LogP contribution < -0.4 is 5.32 Å². The summed E-state index contributed by atoms with van der Waals surface area (Å²) in [5.74, 6) is -0.546. The van der Waals surface area contributed by atoms with Gasteiger partial charge in [0.2, 0.25) is 0 Å². The number of hydrogen-bond donors (Lipinski definition) is 3. The molecule has 0 heterocycles. The van der Waals surface area contributed by atoms with Crippen LogP contribution >= 0.6 is 8.38 Å². The predicted octanol–water partition coefficient (Wildman–Crippen LogP) is 4.70. The molecule has 0 aliphatic carbocycles. The van der Waals surface area contributed by atoms with Crippen LogP contribution in [0.2, 0.25) is 0 Å². The Hall–Kier alpha value is -2.29. The second-order valence-electron chi connectivity index (χ2n) is 5.96. The lowest BCUT2D eigenvalue weighted by molar-refractivity contribution is 0.453. The molecule has 132 valence electrons. The highest BCUT2D eigenvalue weighted by atomic mass is 31.2. The van der Waals surface area contributed by atoms with Gasteiger partial charge in [0.1, 0.15) is 0 Å². The highest BCUT2D eigenvalue weighted by Crippen LogP contribution is 2.34. The van der Waals surface area contributed by atoms with E-state index in [4.69, 9.17) is 0 Å². The first-order valence-electron chi connectivity index (χ1n) is 8.50. The van der Waals surface area contributed by atoms with E-state index in [1.165, 1.54) is 0 Å². The average Bonchev–Trinajstić information content (AvgIpc) is 2.70. The lowest BCUT2D eigenvalue weighted by Crippen LogP contribution is -2.31. The van der Waals surface area contributed by atoms with E-state index in [9.17, 15) is 9.79 Å². The van der Waals surface area contributed by atoms with Gasteiger partial charge in [0.15, 0.2) is 8.38 Å². The van der Waals surface area contributed by atoms with Gasteiger partial charge in [0.05, 0.1) is 11.8 Å². The van der Waals surface area contributed by atoms with Crippen LogP contribution in [0, 0.1) is 0 Å². The Morgan fingerprint density at radius 1 is 0.692 bits per heavy atom. The third-order valence-corrected chi connectivity index (χ3v) is 4.94. The molecule has 0 saturated heterocycles. The molecule has 0 radical (unpaired) electrons. The van der Waals surface area contributed by atoms with Crippen molar-refractivity contribution in [2.24, 2.45) is 0 Å². The maximum absolute atomic E-state index is 9.94. The molecule has 3 aromatic rings. The summed E-state index contributed by atoms with van der Waals surface area (Å²) in [4.78, 5) is 19.9. The molecule has 0 fully saturated rings. The zero-order valence-electron chi connectivity index (χ0n) is 14.3. The van der Waals surface area contributed by atoms with Gasteiger partial charge < -0.3 is 9.79 Å². The fraction of sp³-hybridized carbons (Fsp3) is 0.0909. The summed E-state index contributed by atoms with van der Waals surface area (Å²) in [7, 11) is -2.17. The fourth-order valence-corrected chi connectivity index (χ4v) is 3.33. The summed E-state index contributed by atoms with van der Waals surface area (Å²) in [6.45, 7) is 0. The molecule has 0 spiro atoms. The summed E-state index contributed by atoms with van der Waals surface area (Å²) < 4.78 is 0. The fourth-order valence-electron chi connectivity index (χ4n) is 2.81. The summed E-state index contributed by atoms with van der Waals surface area (Å²) in [5.41, 5.74) is 3.18. The molecule has 3 N–H and O–H groups in total. The first-order chi connectivity index (χ1) is 12.7. The number of benzene rings is 3. The van der Waals surface area contributed by atoms with E-state index in [0.29, 0.717) is 0 Å². The van der Waals surface area contributed by atoms with E-state index in [2.05, 4.69) is 5.32 Å². The molecule has 1 atom stereocenters. The SMILES string of the molecule is OP(O)C(C=Cc1ccccc1)NC(c1ccccc1)c1ccccc1. The molecule has 0 amide bonds. The van der Waals surface area contributed by atoms with Crippen LogP contribution in [0.3, 0.4) is 0 Å². The van der Waals surface area contributed by atoms with Gasteiger partial charge in [0, 0.05) is 0 Å². The topological polar surface area (TPSA) is 52.5 Å². The Morgan fingerprint density at radius 3 is 1.62 bits per heavy atom. The molecule has 0 aromatic heterocycles. The van der Waals surface area contributed by atoms with Gasteiger partial charge >= 0.3 is 0 Å². The van der Waals surface area contributed by atoms with Crippen LogP contribution in [0.25, 0.3) is 6.08 Å². The molecule has 0 aliphatic heterocycles. The lowest BCUT2D eigenvalue weighted by atomic mass is 9.99. The molecule has 0 saturated carbocycles. The smallest absolute Gasteiger partial charge is 0.187 e. The normalized spacial score (nSPS) is 12.8. The maximum Gasteiger partial charge on any atom is 0.187 e. The molecule has 0 aliphatic rings. The van der Waals surface area contributed by atoms with E-state index in [-0.39, 0.29) is 6.04 Å². The van der Waals surface area contributed by atoms with Gasteiger partial charge in [0.25, 0.3) is 0 Å². The van der Waals surface area contributed by atoms with Crippen molar-refractivity contribution in [1.29, 1.82) is 0 Å². The Kier molecular flexibility index (Phi) is 6.70. The Balaban J connectivity index is 1.87. The number of rotatable bonds is 7. The summed E-state index contributed by atoms with van der Waals surface area (Å²) in [6, 6.07) is 29.8. The van der Waals surface area contributed by atoms with Gasteiger partial charge in [-0.1, -0.05) is 103 Å². The molecule has 0 bridgehead atoms. The third kappa shape index (κ3) is 5.10. The second-order valence-corrected chi connectivity index (χ2v) is 7.15. The highest BCUT2D eigenvalue weighted by molar-refractivity contribution is 7.46. The van der Waals surface area contributed by atoms with Crippen LogP contribution in [-0.2, 0) is 0 Å². The Bertz CT molecular complexity index is 768. The van der Waals surface area contributed by atoms with Gasteiger partial charge in [-0.05, 0) is 16.7 Å². The highest BCUT2D eigenvalue weighted by Gasteiger charge is 2.21. The van der Waals surface area contributed by atoms with Crippen molar-refractivity contribution >= 4 is 14.5 Å². The maximum atomic E-state index is 9.94. The summed E-state index contributed by atoms with van der Waals surface area (Å²) in [6.07, 6.45) is 3.73. The minimum atomic E-state index is -2.17. The molecule has 3 rings (SSSR count). The van der Waals surface area contributed by atoms with E-state index < -0.39 is 14.2 Å². The van der Waals surface area contributed by atoms with E-state index >= 15 is 0 Å². The van der Waals surface area contributed by atoms with Crippen LogP contribution in [0.15, 0.2) is 97.1 Å². The van der Waals surface area contributed by atoms with Crippen molar-refractivity contribution in [1.82, 2.24) is 5.32 Å². The van der Waals surface area contributed by atoms with Gasteiger partial charge in [-0.2, -0.15) is 0 Å². The minimum Gasteiger partial charge on any atom is -0.349 e. The van der Waals surface area contributed by atoms with E-state index in [0.717, 1.165) is 16.7 Å². The molecule has 4 heteroatoms. The van der Waals surface area contributed by atoms with Crippen molar-refractivity contribution in [2.45, 2.75) is 11.8 Å². The van der Waals surface area contributed by atoms with Crippen molar-refractivity contribution in [2.75, 3.05) is 0 Å². The average molecular weight is 363 g/mol. The zero-order chi connectivity index (χ0) is 18.2. The molecular formula is C22H22NO2P. The molecule has 3 aromatic carbocycles. The van der Waals surface area contributed by atoms with Crippen molar-refractivity contribution in [3.63, 3.8) is 0 Å². The number of nitrogens with one attached hydrogen (secondary N) is 1. The second kappa shape index (κ2) is 9.42. The summed E-state index contributed by atoms with van der Waals surface area (Å²) >= 11 is 0. The van der Waals surface area contributed by atoms with Gasteiger partial charge in [-0.15, -0.1) is 0 Å². The predicted molar refractivity (Wildman–Crippen MR) is 108 cm³/mol. The standard InChI is InChI=1S/C22H22NO2P/c24-26(25)21(17-16-18-10-4-1-5-11-18)23-22(19-12-6-2-7-13-19)20-14-8-3-9-15-20/h1-17,21-25H. The minimum absolute atomic E-state index is 0.132. The van der Waals surface area contributed by atoms with Gasteiger partial charge in [-0.3, -0.25) is 5.32 Å². The largest absolute Gasteiger partial charge is 0.349 e. The quantitative estimate of drug-likeness (QED) is 0.533. The van der Waals surface area contributed by atoms with Crippen molar-refractivity contribution in [3.8, 4) is 0 Å². The van der Waals surface area contributed by atoms with Crippen molar-refractivity contribution in [3.05, 3.63) is 114 Å². The number of hydrogen-bond acceptors (Lipinski definition) is 3. The zero-order valence-corrected chi connectivity index (χ0v) is 15.2. The Labute approximate surface area is 155 Å². The van der Waals surface area contributed by atoms with Gasteiger partial charge in [-0.25, -0.2) is 0 Å². The third-order valence-electron chi connectivity index (χ3n) is 4.12. The molecule has 1 unspecified atom stereocenters. The lowest BCUT2D eigenvalue weighted by Gasteiger charge is -2.25. The Morgan fingerprint density at radius 2 is 1.15 bits per heavy atom. The summed E-state index contributed by atoms with van der Waals surface area (Å²) in [5, 5.41) is 3.40. The van der Waals surface area contributed by atoms with Crippen molar-refractivity contribution < 1.29 is 9.79 Å². The van der Waals surface area contributed by atoms with Crippen LogP contribution in [-0.4, -0.2) is 15.6 Å². The van der Waals surface area contributed by atoms with Crippen LogP contribution in [0.4, 0.5) is 0 Å². The first-order valence-corrected chi connectivity index (χ1v) is 9.82.